The molecule has 0 aliphatic heterocycles. The zero-order chi connectivity index (χ0) is 13.2. The van der Waals surface area contributed by atoms with Crippen LogP contribution < -0.4 is 5.32 Å². The summed E-state index contributed by atoms with van der Waals surface area (Å²) in [6, 6.07) is 1.52. The minimum atomic E-state index is -1.41. The summed E-state index contributed by atoms with van der Waals surface area (Å²) in [6.45, 7) is 5.72. The topological polar surface area (TPSA) is 49.3 Å². The van der Waals surface area contributed by atoms with Gasteiger partial charge in [-0.1, -0.05) is 13.8 Å². The van der Waals surface area contributed by atoms with Crippen molar-refractivity contribution in [1.29, 1.82) is 0 Å². The average Bonchev–Trinajstić information content (AvgIpc) is 2.21. The van der Waals surface area contributed by atoms with Crippen LogP contribution in [-0.2, 0) is 0 Å². The van der Waals surface area contributed by atoms with E-state index in [1.165, 1.54) is 0 Å². The molecule has 1 aromatic carbocycles. The first-order valence-electron chi connectivity index (χ1n) is 5.31. The second-order valence-electron chi connectivity index (χ2n) is 4.29. The van der Waals surface area contributed by atoms with Gasteiger partial charge in [0.05, 0.1) is 11.3 Å². The monoisotopic (exact) mass is 243 g/mol. The summed E-state index contributed by atoms with van der Waals surface area (Å²) >= 11 is 0. The molecule has 0 saturated carbocycles. The molecule has 0 aliphatic carbocycles. The van der Waals surface area contributed by atoms with Crippen LogP contribution in [0.4, 0.5) is 14.5 Å². The third-order valence-electron chi connectivity index (χ3n) is 2.67. The van der Waals surface area contributed by atoms with Crippen LogP contribution in [0, 0.1) is 17.6 Å². The third kappa shape index (κ3) is 3.15. The molecule has 94 valence electrons. The predicted octanol–water partition coefficient (Wildman–Crippen LogP) is 3.12. The Labute approximate surface area is 98.5 Å². The van der Waals surface area contributed by atoms with Gasteiger partial charge in [0.2, 0.25) is 0 Å². The molecule has 1 rings (SSSR count). The van der Waals surface area contributed by atoms with Crippen molar-refractivity contribution < 1.29 is 18.7 Å². The maximum absolute atomic E-state index is 13.4. The van der Waals surface area contributed by atoms with Gasteiger partial charge in [0, 0.05) is 12.1 Å². The maximum atomic E-state index is 13.4. The van der Waals surface area contributed by atoms with Crippen molar-refractivity contribution in [3.05, 3.63) is 29.3 Å². The quantitative estimate of drug-likeness (QED) is 0.854. The molecular weight excluding hydrogens is 228 g/mol. The van der Waals surface area contributed by atoms with Crippen LogP contribution in [0.2, 0.25) is 0 Å². The van der Waals surface area contributed by atoms with Gasteiger partial charge in [-0.25, -0.2) is 13.6 Å². The molecule has 1 atom stereocenters. The van der Waals surface area contributed by atoms with Gasteiger partial charge in [-0.2, -0.15) is 0 Å². The summed E-state index contributed by atoms with van der Waals surface area (Å²) in [5.41, 5.74) is -0.533. The lowest BCUT2D eigenvalue weighted by molar-refractivity contribution is 0.0692. The van der Waals surface area contributed by atoms with Crippen molar-refractivity contribution in [2.75, 3.05) is 5.32 Å². The summed E-state index contributed by atoms with van der Waals surface area (Å²) in [6.07, 6.45) is 0. The first-order valence-corrected chi connectivity index (χ1v) is 5.31. The molecule has 0 radical (unpaired) electrons. The molecule has 0 bridgehead atoms. The largest absolute Gasteiger partial charge is 0.478 e. The van der Waals surface area contributed by atoms with E-state index in [0.29, 0.717) is 6.07 Å². The number of nitrogens with one attached hydrogen (secondary N) is 1. The van der Waals surface area contributed by atoms with E-state index < -0.39 is 23.2 Å². The summed E-state index contributed by atoms with van der Waals surface area (Å²) in [7, 11) is 0. The van der Waals surface area contributed by atoms with Crippen LogP contribution in [0.3, 0.4) is 0 Å². The van der Waals surface area contributed by atoms with E-state index in [2.05, 4.69) is 5.32 Å². The maximum Gasteiger partial charge on any atom is 0.338 e. The fraction of sp³-hybridized carbons (Fsp3) is 0.417. The number of rotatable bonds is 4. The number of hydrogen-bond donors (Lipinski definition) is 2. The molecule has 17 heavy (non-hydrogen) atoms. The van der Waals surface area contributed by atoms with E-state index in [1.54, 1.807) is 0 Å². The third-order valence-corrected chi connectivity index (χ3v) is 2.67. The number of anilines is 1. The fourth-order valence-corrected chi connectivity index (χ4v) is 1.24. The molecule has 1 aromatic rings. The Morgan fingerprint density at radius 3 is 2.29 bits per heavy atom. The smallest absolute Gasteiger partial charge is 0.338 e. The van der Waals surface area contributed by atoms with Crippen LogP contribution in [0.25, 0.3) is 0 Å². The Morgan fingerprint density at radius 1 is 1.24 bits per heavy atom. The van der Waals surface area contributed by atoms with Crippen LogP contribution in [0.15, 0.2) is 12.1 Å². The summed E-state index contributed by atoms with van der Waals surface area (Å²) < 4.78 is 26.6. The van der Waals surface area contributed by atoms with Crippen molar-refractivity contribution in [1.82, 2.24) is 0 Å². The van der Waals surface area contributed by atoms with Crippen LogP contribution in [0.5, 0.6) is 0 Å². The molecule has 0 fully saturated rings. The summed E-state index contributed by atoms with van der Waals surface area (Å²) in [5, 5.41) is 11.6. The number of halogens is 2. The van der Waals surface area contributed by atoms with Gasteiger partial charge in [-0.3, -0.25) is 0 Å². The molecule has 1 unspecified atom stereocenters. The first kappa shape index (κ1) is 13.4. The Kier molecular flexibility index (Phi) is 4.04. The molecule has 0 amide bonds. The molecule has 3 nitrogen and oxygen atoms in total. The average molecular weight is 243 g/mol. The lowest BCUT2D eigenvalue weighted by Gasteiger charge is -2.19. The van der Waals surface area contributed by atoms with Crippen molar-refractivity contribution in [3.8, 4) is 0 Å². The zero-order valence-corrected chi connectivity index (χ0v) is 9.92. The van der Waals surface area contributed by atoms with E-state index in [-0.39, 0.29) is 17.6 Å². The highest BCUT2D eigenvalue weighted by Gasteiger charge is 2.17. The molecule has 5 heteroatoms. The van der Waals surface area contributed by atoms with Gasteiger partial charge in [0.25, 0.3) is 0 Å². The molecule has 0 aliphatic rings. The number of carbonyl (C=O) groups is 1. The number of benzene rings is 1. The van der Waals surface area contributed by atoms with Crippen LogP contribution in [-0.4, -0.2) is 17.1 Å². The Balaban J connectivity index is 3.08. The van der Waals surface area contributed by atoms with Gasteiger partial charge in [0.1, 0.15) is 11.6 Å². The Bertz CT molecular complexity index is 433. The molecule has 0 saturated heterocycles. The SMILES string of the molecule is CC(C)C(C)Nc1cc(C(=O)O)c(F)cc1F. The number of carboxylic acids is 1. The molecular formula is C12H15F2NO2. The normalized spacial score (nSPS) is 12.6. The highest BCUT2D eigenvalue weighted by atomic mass is 19.1. The standard InChI is InChI=1S/C12H15F2NO2/c1-6(2)7(3)15-11-4-8(12(16)17)9(13)5-10(11)14/h4-7,15H,1-3H3,(H,16,17). The summed E-state index contributed by atoms with van der Waals surface area (Å²) in [5.74, 6) is -3.03. The minimum absolute atomic E-state index is 0.00463. The molecule has 2 N–H and O–H groups in total. The van der Waals surface area contributed by atoms with E-state index in [1.807, 2.05) is 20.8 Å². The van der Waals surface area contributed by atoms with Crippen molar-refractivity contribution >= 4 is 11.7 Å². The predicted molar refractivity (Wildman–Crippen MR) is 61.2 cm³/mol. The molecule has 0 heterocycles. The summed E-state index contributed by atoms with van der Waals surface area (Å²) in [4.78, 5) is 10.7. The molecule has 0 spiro atoms. The highest BCUT2D eigenvalue weighted by molar-refractivity contribution is 5.89. The van der Waals surface area contributed by atoms with Crippen LogP contribution in [0.1, 0.15) is 31.1 Å². The zero-order valence-electron chi connectivity index (χ0n) is 9.92. The Hall–Kier alpha value is -1.65. The van der Waals surface area contributed by atoms with Gasteiger partial charge < -0.3 is 10.4 Å². The van der Waals surface area contributed by atoms with Gasteiger partial charge in [0.15, 0.2) is 0 Å². The van der Waals surface area contributed by atoms with Crippen molar-refractivity contribution in [3.63, 3.8) is 0 Å². The lowest BCUT2D eigenvalue weighted by atomic mass is 10.1. The molecule has 0 aromatic heterocycles. The first-order chi connectivity index (χ1) is 7.82. The van der Waals surface area contributed by atoms with E-state index in [4.69, 9.17) is 5.11 Å². The van der Waals surface area contributed by atoms with Crippen LogP contribution >= 0.6 is 0 Å². The van der Waals surface area contributed by atoms with E-state index >= 15 is 0 Å². The number of carboxylic acid groups (broad SMARTS) is 1. The second kappa shape index (κ2) is 5.12. The van der Waals surface area contributed by atoms with Gasteiger partial charge in [-0.15, -0.1) is 0 Å². The highest BCUT2D eigenvalue weighted by Crippen LogP contribution is 2.21. The second-order valence-corrected chi connectivity index (χ2v) is 4.29. The number of hydrogen-bond acceptors (Lipinski definition) is 2. The number of aromatic carboxylic acids is 1. The van der Waals surface area contributed by atoms with Crippen molar-refractivity contribution in [2.45, 2.75) is 26.8 Å². The van der Waals surface area contributed by atoms with Gasteiger partial charge in [-0.05, 0) is 18.9 Å². The van der Waals surface area contributed by atoms with Crippen molar-refractivity contribution in [2.24, 2.45) is 5.92 Å². The van der Waals surface area contributed by atoms with Gasteiger partial charge >= 0.3 is 5.97 Å². The van der Waals surface area contributed by atoms with E-state index in [0.717, 1.165) is 6.07 Å². The fourth-order valence-electron chi connectivity index (χ4n) is 1.24. The lowest BCUT2D eigenvalue weighted by Crippen LogP contribution is -2.22. The van der Waals surface area contributed by atoms with E-state index in [9.17, 15) is 13.6 Å². The Morgan fingerprint density at radius 2 is 1.82 bits per heavy atom. The minimum Gasteiger partial charge on any atom is -0.478 e.